The average Bonchev–Trinajstić information content (AvgIpc) is 3.11. The lowest BCUT2D eigenvalue weighted by molar-refractivity contribution is -0.121. The van der Waals surface area contributed by atoms with Crippen LogP contribution in [0.4, 0.5) is 10.1 Å². The third-order valence-electron chi connectivity index (χ3n) is 5.20. The van der Waals surface area contributed by atoms with Crippen LogP contribution in [0.2, 0.25) is 0 Å². The van der Waals surface area contributed by atoms with Gasteiger partial charge in [0.1, 0.15) is 18.2 Å². The van der Waals surface area contributed by atoms with Crippen molar-refractivity contribution in [3.8, 4) is 5.75 Å². The smallest absolute Gasteiger partial charge is 0.338 e. The first-order valence-corrected chi connectivity index (χ1v) is 13.5. The molecule has 0 atom stereocenters. The van der Waals surface area contributed by atoms with E-state index in [-0.39, 0.29) is 18.3 Å². The second-order valence-electron chi connectivity index (χ2n) is 7.87. The molecule has 0 spiro atoms. The molecule has 0 saturated carbocycles. The molecule has 6 nitrogen and oxygen atoms in total. The number of hydrogen-bond donors (Lipinski definition) is 0. The molecule has 190 valence electrons. The molecule has 0 unspecified atom stereocenters. The second kappa shape index (κ2) is 12.1. The molecule has 1 aliphatic rings. The van der Waals surface area contributed by atoms with Gasteiger partial charge in [-0.05, 0) is 116 Å². The van der Waals surface area contributed by atoms with E-state index in [1.165, 1.54) is 28.8 Å². The standard InChI is InChI=1S/C27H21Br2FN2O4S/c1-3-35-26(34)18-7-9-20(10-8-18)31-27-32(2)25(33)23(37-27)14-17-12-21(28)24(22(29)13-17)36-15-16-5-4-6-19(30)11-16/h4-14H,3,15H2,1-2H3. The Kier molecular flexibility index (Phi) is 8.83. The molecule has 37 heavy (non-hydrogen) atoms. The highest BCUT2D eigenvalue weighted by atomic mass is 79.9. The van der Waals surface area contributed by atoms with Crippen molar-refractivity contribution < 1.29 is 23.5 Å². The maximum absolute atomic E-state index is 13.4. The van der Waals surface area contributed by atoms with Gasteiger partial charge in [-0.25, -0.2) is 14.2 Å². The Morgan fingerprint density at radius 2 is 1.81 bits per heavy atom. The van der Waals surface area contributed by atoms with Crippen LogP contribution in [0.1, 0.15) is 28.4 Å². The quantitative estimate of drug-likeness (QED) is 0.198. The number of amidine groups is 1. The van der Waals surface area contributed by atoms with Crippen molar-refractivity contribution in [1.82, 2.24) is 4.90 Å². The predicted molar refractivity (Wildman–Crippen MR) is 150 cm³/mol. The Balaban J connectivity index is 1.50. The van der Waals surface area contributed by atoms with Crippen LogP contribution in [0.3, 0.4) is 0 Å². The van der Waals surface area contributed by atoms with Gasteiger partial charge in [-0.15, -0.1) is 0 Å². The molecular weight excluding hydrogens is 627 g/mol. The second-order valence-corrected chi connectivity index (χ2v) is 10.6. The molecular formula is C27H21Br2FN2O4S. The zero-order valence-electron chi connectivity index (χ0n) is 19.8. The minimum atomic E-state index is -0.392. The number of ether oxygens (including phenoxy) is 2. The summed E-state index contributed by atoms with van der Waals surface area (Å²) in [5.41, 5.74) is 2.54. The first-order chi connectivity index (χ1) is 17.7. The van der Waals surface area contributed by atoms with Crippen molar-refractivity contribution >= 4 is 72.4 Å². The van der Waals surface area contributed by atoms with Crippen LogP contribution >= 0.6 is 43.6 Å². The molecule has 10 heteroatoms. The Morgan fingerprint density at radius 3 is 2.46 bits per heavy atom. The summed E-state index contributed by atoms with van der Waals surface area (Å²) in [6.07, 6.45) is 1.78. The summed E-state index contributed by atoms with van der Waals surface area (Å²) in [7, 11) is 1.66. The molecule has 1 heterocycles. The molecule has 4 rings (SSSR count). The molecule has 0 radical (unpaired) electrons. The van der Waals surface area contributed by atoms with Crippen LogP contribution in [0.5, 0.6) is 5.75 Å². The largest absolute Gasteiger partial charge is 0.487 e. The van der Waals surface area contributed by atoms with Crippen LogP contribution in [0.15, 0.2) is 79.5 Å². The van der Waals surface area contributed by atoms with Crippen LogP contribution in [-0.2, 0) is 16.1 Å². The topological polar surface area (TPSA) is 68.2 Å². The van der Waals surface area contributed by atoms with Crippen LogP contribution in [0.25, 0.3) is 6.08 Å². The van der Waals surface area contributed by atoms with Crippen molar-refractivity contribution in [1.29, 1.82) is 0 Å². The zero-order valence-corrected chi connectivity index (χ0v) is 23.8. The summed E-state index contributed by atoms with van der Waals surface area (Å²) >= 11 is 8.31. The monoisotopic (exact) mass is 646 g/mol. The summed E-state index contributed by atoms with van der Waals surface area (Å²) in [5.74, 6) is -0.313. The summed E-state index contributed by atoms with van der Waals surface area (Å²) in [4.78, 5) is 31.3. The molecule has 3 aromatic rings. The number of thioether (sulfide) groups is 1. The maximum atomic E-state index is 13.4. The number of nitrogens with zero attached hydrogens (tertiary/aromatic N) is 2. The fourth-order valence-corrected chi connectivity index (χ4v) is 5.82. The lowest BCUT2D eigenvalue weighted by Gasteiger charge is -2.12. The van der Waals surface area contributed by atoms with Gasteiger partial charge in [-0.2, -0.15) is 0 Å². The molecule has 1 saturated heterocycles. The molecule has 1 aliphatic heterocycles. The van der Waals surface area contributed by atoms with Gasteiger partial charge in [-0.3, -0.25) is 9.69 Å². The first kappa shape index (κ1) is 27.1. The predicted octanol–water partition coefficient (Wildman–Crippen LogP) is 7.34. The summed E-state index contributed by atoms with van der Waals surface area (Å²) in [5, 5.41) is 0.522. The van der Waals surface area contributed by atoms with Crippen LogP contribution in [-0.4, -0.2) is 35.6 Å². The third-order valence-corrected chi connectivity index (χ3v) is 7.44. The summed E-state index contributed by atoms with van der Waals surface area (Å²) < 4.78 is 25.7. The molecule has 0 aliphatic carbocycles. The number of rotatable bonds is 7. The molecule has 0 N–H and O–H groups in total. The van der Waals surface area contributed by atoms with Crippen molar-refractivity contribution in [2.45, 2.75) is 13.5 Å². The van der Waals surface area contributed by atoms with Gasteiger partial charge in [0.05, 0.1) is 31.7 Å². The number of carbonyl (C=O) groups is 2. The van der Waals surface area contributed by atoms with Crippen LogP contribution < -0.4 is 4.74 Å². The number of likely N-dealkylation sites (N-methyl/N-ethyl adjacent to an activating group) is 1. The lowest BCUT2D eigenvalue weighted by atomic mass is 10.2. The normalized spacial score (nSPS) is 15.5. The lowest BCUT2D eigenvalue weighted by Crippen LogP contribution is -2.23. The number of benzene rings is 3. The highest BCUT2D eigenvalue weighted by molar-refractivity contribution is 9.11. The number of aliphatic imine (C=N–C) groups is 1. The highest BCUT2D eigenvalue weighted by Crippen LogP contribution is 2.38. The number of halogens is 3. The average molecular weight is 648 g/mol. The van der Waals surface area contributed by atoms with E-state index in [0.717, 1.165) is 5.56 Å². The van der Waals surface area contributed by atoms with Crippen molar-refractivity contribution in [2.24, 2.45) is 4.99 Å². The van der Waals surface area contributed by atoms with Gasteiger partial charge in [0.15, 0.2) is 5.17 Å². The van der Waals surface area contributed by atoms with E-state index >= 15 is 0 Å². The fraction of sp³-hybridized carbons (Fsp3) is 0.148. The van der Waals surface area contributed by atoms with Crippen molar-refractivity contribution in [3.63, 3.8) is 0 Å². The van der Waals surface area contributed by atoms with Crippen molar-refractivity contribution in [3.05, 3.63) is 97.0 Å². The number of amides is 1. The Hall–Kier alpha value is -2.95. The van der Waals surface area contributed by atoms with Gasteiger partial charge >= 0.3 is 5.97 Å². The molecule has 1 amide bonds. The first-order valence-electron chi connectivity index (χ1n) is 11.1. The molecule has 3 aromatic carbocycles. The van der Waals surface area contributed by atoms with E-state index in [1.807, 2.05) is 12.1 Å². The maximum Gasteiger partial charge on any atom is 0.338 e. The molecule has 1 fully saturated rings. The van der Waals surface area contributed by atoms with E-state index in [2.05, 4.69) is 36.9 Å². The van der Waals surface area contributed by atoms with E-state index < -0.39 is 5.97 Å². The third kappa shape index (κ3) is 6.68. The zero-order chi connectivity index (χ0) is 26.5. The van der Waals surface area contributed by atoms with E-state index in [1.54, 1.807) is 56.4 Å². The fourth-order valence-electron chi connectivity index (χ4n) is 3.38. The molecule has 0 aromatic heterocycles. The van der Waals surface area contributed by atoms with Gasteiger partial charge in [0.25, 0.3) is 5.91 Å². The minimum absolute atomic E-state index is 0.175. The summed E-state index contributed by atoms with van der Waals surface area (Å²) in [6, 6.07) is 16.6. The Bertz CT molecular complexity index is 1390. The Morgan fingerprint density at radius 1 is 1.11 bits per heavy atom. The van der Waals surface area contributed by atoms with E-state index in [9.17, 15) is 14.0 Å². The Labute approximate surface area is 234 Å². The number of hydrogen-bond acceptors (Lipinski definition) is 6. The highest BCUT2D eigenvalue weighted by Gasteiger charge is 2.30. The van der Waals surface area contributed by atoms with Crippen molar-refractivity contribution in [2.75, 3.05) is 13.7 Å². The van der Waals surface area contributed by atoms with E-state index in [4.69, 9.17) is 9.47 Å². The van der Waals surface area contributed by atoms with E-state index in [0.29, 0.717) is 48.2 Å². The number of carbonyl (C=O) groups excluding carboxylic acids is 2. The molecule has 0 bridgehead atoms. The van der Waals surface area contributed by atoms with Crippen LogP contribution in [0, 0.1) is 5.82 Å². The van der Waals surface area contributed by atoms with Gasteiger partial charge in [-0.1, -0.05) is 12.1 Å². The summed E-state index contributed by atoms with van der Waals surface area (Å²) in [6.45, 7) is 2.26. The minimum Gasteiger partial charge on any atom is -0.487 e. The van der Waals surface area contributed by atoms with Gasteiger partial charge in [0.2, 0.25) is 0 Å². The number of esters is 1. The van der Waals surface area contributed by atoms with Gasteiger partial charge in [0, 0.05) is 7.05 Å². The SMILES string of the molecule is CCOC(=O)c1ccc(N=C2SC(=Cc3cc(Br)c(OCc4cccc(F)c4)c(Br)c3)C(=O)N2C)cc1. The van der Waals surface area contributed by atoms with Gasteiger partial charge < -0.3 is 9.47 Å².